The molecule has 1 aliphatic heterocycles. The monoisotopic (exact) mass is 367 g/mol. The van der Waals surface area contributed by atoms with E-state index in [1.807, 2.05) is 12.1 Å². The van der Waals surface area contributed by atoms with Crippen molar-refractivity contribution in [3.63, 3.8) is 0 Å². The number of nitrogens with zero attached hydrogens (tertiary/aromatic N) is 1. The summed E-state index contributed by atoms with van der Waals surface area (Å²) in [5.74, 6) is -0.222. The van der Waals surface area contributed by atoms with Gasteiger partial charge in [0.1, 0.15) is 5.75 Å². The number of methoxy groups -OCH3 is 1. The Balaban J connectivity index is 1.74. The molecule has 140 valence electrons. The Morgan fingerprint density at radius 3 is 2.63 bits per heavy atom. The summed E-state index contributed by atoms with van der Waals surface area (Å²) < 4.78 is 5.23. The van der Waals surface area contributed by atoms with E-state index < -0.39 is 0 Å². The Morgan fingerprint density at radius 1 is 1.19 bits per heavy atom. The highest BCUT2D eigenvalue weighted by atomic mass is 16.5. The van der Waals surface area contributed by atoms with E-state index in [2.05, 4.69) is 10.6 Å². The quantitative estimate of drug-likeness (QED) is 0.848. The second-order valence-electron chi connectivity index (χ2n) is 6.48. The topological polar surface area (TPSA) is 87.7 Å². The summed E-state index contributed by atoms with van der Waals surface area (Å²) in [6.07, 6.45) is 0.103. The van der Waals surface area contributed by atoms with Gasteiger partial charge in [-0.05, 0) is 29.8 Å². The minimum Gasteiger partial charge on any atom is -0.496 e. The van der Waals surface area contributed by atoms with Gasteiger partial charge in [-0.3, -0.25) is 14.4 Å². The smallest absolute Gasteiger partial charge is 0.257 e. The largest absolute Gasteiger partial charge is 0.496 e. The number of hydrogen-bond acceptors (Lipinski definition) is 4. The summed E-state index contributed by atoms with van der Waals surface area (Å²) in [5.41, 5.74) is 2.26. The lowest BCUT2D eigenvalue weighted by Gasteiger charge is -2.16. The van der Waals surface area contributed by atoms with E-state index in [1.54, 1.807) is 44.4 Å². The van der Waals surface area contributed by atoms with Crippen molar-refractivity contribution in [3.8, 4) is 5.75 Å². The highest BCUT2D eigenvalue weighted by molar-refractivity contribution is 6.01. The van der Waals surface area contributed by atoms with Crippen LogP contribution in [0.25, 0.3) is 0 Å². The number of amides is 3. The van der Waals surface area contributed by atoms with E-state index in [4.69, 9.17) is 4.74 Å². The van der Waals surface area contributed by atoms with Crippen molar-refractivity contribution in [1.29, 1.82) is 0 Å². The Morgan fingerprint density at radius 2 is 1.93 bits per heavy atom. The fourth-order valence-electron chi connectivity index (χ4n) is 3.07. The number of ether oxygens (including phenoxy) is 1. The van der Waals surface area contributed by atoms with Crippen molar-refractivity contribution in [1.82, 2.24) is 10.2 Å². The predicted octanol–water partition coefficient (Wildman–Crippen LogP) is 2.21. The lowest BCUT2D eigenvalue weighted by molar-refractivity contribution is -0.116. The highest BCUT2D eigenvalue weighted by Crippen LogP contribution is 2.28. The first-order chi connectivity index (χ1) is 12.9. The molecule has 0 saturated carbocycles. The van der Waals surface area contributed by atoms with Gasteiger partial charge in [-0.15, -0.1) is 0 Å². The molecule has 3 rings (SSSR count). The minimum atomic E-state index is -0.366. The van der Waals surface area contributed by atoms with Crippen LogP contribution in [0.4, 0.5) is 5.69 Å². The first-order valence-corrected chi connectivity index (χ1v) is 8.50. The van der Waals surface area contributed by atoms with Crippen molar-refractivity contribution in [2.24, 2.45) is 0 Å². The molecule has 0 radical (unpaired) electrons. The van der Waals surface area contributed by atoms with E-state index in [-0.39, 0.29) is 30.2 Å². The van der Waals surface area contributed by atoms with Crippen molar-refractivity contribution in [2.75, 3.05) is 26.5 Å². The van der Waals surface area contributed by atoms with Crippen molar-refractivity contribution in [3.05, 3.63) is 59.2 Å². The normalized spacial score (nSPS) is 14.9. The number of carbonyl (C=O) groups is 3. The van der Waals surface area contributed by atoms with Crippen LogP contribution >= 0.6 is 0 Å². The SMILES string of the molecule is COc1ccc(NC(=O)CC2NC(=O)c3ccccc32)cc1C(=O)N(C)C. The molecule has 7 nitrogen and oxygen atoms in total. The lowest BCUT2D eigenvalue weighted by Crippen LogP contribution is -2.25. The Hall–Kier alpha value is -3.35. The third kappa shape index (κ3) is 3.76. The average Bonchev–Trinajstić information content (AvgIpc) is 2.96. The molecule has 2 aromatic rings. The van der Waals surface area contributed by atoms with Gasteiger partial charge in [-0.1, -0.05) is 18.2 Å². The number of nitrogens with one attached hydrogen (secondary N) is 2. The predicted molar refractivity (Wildman–Crippen MR) is 101 cm³/mol. The summed E-state index contributed by atoms with van der Waals surface area (Å²) in [5, 5.41) is 5.60. The number of fused-ring (bicyclic) bond motifs is 1. The molecule has 7 heteroatoms. The second kappa shape index (κ2) is 7.49. The zero-order valence-electron chi connectivity index (χ0n) is 15.4. The number of carbonyl (C=O) groups excluding carboxylic acids is 3. The highest BCUT2D eigenvalue weighted by Gasteiger charge is 2.29. The van der Waals surface area contributed by atoms with Gasteiger partial charge >= 0.3 is 0 Å². The molecule has 1 aliphatic rings. The lowest BCUT2D eigenvalue weighted by atomic mass is 10.0. The van der Waals surface area contributed by atoms with Crippen molar-refractivity contribution >= 4 is 23.4 Å². The number of benzene rings is 2. The van der Waals surface area contributed by atoms with Crippen molar-refractivity contribution in [2.45, 2.75) is 12.5 Å². The molecule has 2 N–H and O–H groups in total. The zero-order valence-corrected chi connectivity index (χ0v) is 15.4. The molecule has 0 aliphatic carbocycles. The maximum absolute atomic E-state index is 12.5. The molecule has 3 amide bonds. The molecule has 27 heavy (non-hydrogen) atoms. The second-order valence-corrected chi connectivity index (χ2v) is 6.48. The molecule has 1 heterocycles. The maximum atomic E-state index is 12.5. The van der Waals surface area contributed by atoms with Crippen LogP contribution in [0, 0.1) is 0 Å². The summed E-state index contributed by atoms with van der Waals surface area (Å²) >= 11 is 0. The standard InChI is InChI=1S/C20H21N3O4/c1-23(2)20(26)15-10-12(8-9-17(15)27-3)21-18(24)11-16-13-6-4-5-7-14(13)19(25)22-16/h4-10,16H,11H2,1-3H3,(H,21,24)(H,22,25). The van der Waals surface area contributed by atoms with E-state index in [9.17, 15) is 14.4 Å². The average molecular weight is 367 g/mol. The molecular weight excluding hydrogens is 346 g/mol. The number of rotatable bonds is 5. The van der Waals surface area contributed by atoms with Gasteiger partial charge in [0.15, 0.2) is 0 Å². The van der Waals surface area contributed by atoms with E-state index in [1.165, 1.54) is 12.0 Å². The molecule has 1 atom stereocenters. The molecule has 0 bridgehead atoms. The fourth-order valence-corrected chi connectivity index (χ4v) is 3.07. The van der Waals surface area contributed by atoms with Crippen LogP contribution in [-0.2, 0) is 4.79 Å². The summed E-state index contributed by atoms with van der Waals surface area (Å²) in [6, 6.07) is 11.7. The van der Waals surface area contributed by atoms with Gasteiger partial charge in [-0.25, -0.2) is 0 Å². The summed E-state index contributed by atoms with van der Waals surface area (Å²) in [4.78, 5) is 38.2. The summed E-state index contributed by atoms with van der Waals surface area (Å²) in [6.45, 7) is 0. The van der Waals surface area contributed by atoms with Crippen LogP contribution in [-0.4, -0.2) is 43.8 Å². The fraction of sp³-hybridized carbons (Fsp3) is 0.250. The first kappa shape index (κ1) is 18.4. The molecular formula is C20H21N3O4. The van der Waals surface area contributed by atoms with Gasteiger partial charge in [0.2, 0.25) is 5.91 Å². The minimum absolute atomic E-state index is 0.103. The maximum Gasteiger partial charge on any atom is 0.257 e. The molecule has 0 spiro atoms. The van der Waals surface area contributed by atoms with E-state index >= 15 is 0 Å². The Labute approximate surface area is 157 Å². The van der Waals surface area contributed by atoms with Crippen LogP contribution < -0.4 is 15.4 Å². The molecule has 2 aromatic carbocycles. The van der Waals surface area contributed by atoms with E-state index in [0.29, 0.717) is 22.6 Å². The third-order valence-electron chi connectivity index (χ3n) is 4.40. The van der Waals surface area contributed by atoms with E-state index in [0.717, 1.165) is 5.56 Å². The van der Waals surface area contributed by atoms with Crippen LogP contribution in [0.3, 0.4) is 0 Å². The molecule has 1 unspecified atom stereocenters. The third-order valence-corrected chi connectivity index (χ3v) is 4.40. The van der Waals surface area contributed by atoms with Crippen LogP contribution in [0.2, 0.25) is 0 Å². The van der Waals surface area contributed by atoms with Crippen LogP contribution in [0.1, 0.15) is 38.7 Å². The zero-order chi connectivity index (χ0) is 19.6. The molecule has 0 fully saturated rings. The number of hydrogen-bond donors (Lipinski definition) is 2. The van der Waals surface area contributed by atoms with Gasteiger partial charge < -0.3 is 20.3 Å². The molecule has 0 saturated heterocycles. The number of anilines is 1. The summed E-state index contributed by atoms with van der Waals surface area (Å²) in [7, 11) is 4.78. The molecule has 0 aromatic heterocycles. The van der Waals surface area contributed by atoms with Gasteiger partial charge in [0.05, 0.1) is 25.1 Å². The first-order valence-electron chi connectivity index (χ1n) is 8.50. The van der Waals surface area contributed by atoms with Crippen molar-refractivity contribution < 1.29 is 19.1 Å². The Kier molecular flexibility index (Phi) is 5.12. The van der Waals surface area contributed by atoms with Gasteiger partial charge in [0, 0.05) is 25.3 Å². The van der Waals surface area contributed by atoms with Gasteiger partial charge in [-0.2, -0.15) is 0 Å². The van der Waals surface area contributed by atoms with Crippen LogP contribution in [0.5, 0.6) is 5.75 Å². The van der Waals surface area contributed by atoms with Gasteiger partial charge in [0.25, 0.3) is 11.8 Å². The van der Waals surface area contributed by atoms with Crippen LogP contribution in [0.15, 0.2) is 42.5 Å². The Bertz CT molecular complexity index is 908.